The van der Waals surface area contributed by atoms with Crippen molar-refractivity contribution in [1.29, 1.82) is 0 Å². The smallest absolute Gasteiger partial charge is 0.340 e. The van der Waals surface area contributed by atoms with Gasteiger partial charge in [0.15, 0.2) is 5.58 Å². The minimum Gasteiger partial charge on any atom is -0.465 e. The van der Waals surface area contributed by atoms with Gasteiger partial charge in [0.25, 0.3) is 6.01 Å². The molecule has 2 aromatic rings. The maximum Gasteiger partial charge on any atom is 0.340 e. The van der Waals surface area contributed by atoms with E-state index in [0.29, 0.717) is 34.8 Å². The van der Waals surface area contributed by atoms with Crippen molar-refractivity contribution in [3.63, 3.8) is 0 Å². The first-order valence-corrected chi connectivity index (χ1v) is 8.76. The molecule has 0 radical (unpaired) electrons. The van der Waals surface area contributed by atoms with E-state index < -0.39 is 11.6 Å². The maximum atomic E-state index is 11.9. The van der Waals surface area contributed by atoms with Gasteiger partial charge in [0, 0.05) is 12.1 Å². The molecule has 4 rings (SSSR count). The molecule has 1 aromatic heterocycles. The third-order valence-electron chi connectivity index (χ3n) is 5.61. The zero-order valence-electron chi connectivity index (χ0n) is 14.6. The third-order valence-corrected chi connectivity index (χ3v) is 5.61. The van der Waals surface area contributed by atoms with E-state index in [4.69, 9.17) is 14.9 Å². The first kappa shape index (κ1) is 16.4. The standard InChI is InChI=1S/C18H24N4O3/c1-22-11-5-3-6-12(22)10-18(19,9-11)21-17-20-15-13(16(23)24-2)7-4-8-14(15)25-17/h4,7-8,11-12H,3,5-6,9-10,19H2,1-2H3,(H,20,21). The Morgan fingerprint density at radius 2 is 2.12 bits per heavy atom. The molecule has 2 bridgehead atoms. The van der Waals surface area contributed by atoms with Crippen LogP contribution in [0.5, 0.6) is 0 Å². The van der Waals surface area contributed by atoms with E-state index in [1.165, 1.54) is 26.4 Å². The summed E-state index contributed by atoms with van der Waals surface area (Å²) < 4.78 is 10.6. The van der Waals surface area contributed by atoms with Gasteiger partial charge in [0.2, 0.25) is 0 Å². The number of hydrogen-bond acceptors (Lipinski definition) is 7. The van der Waals surface area contributed by atoms with Gasteiger partial charge in [-0.2, -0.15) is 4.98 Å². The van der Waals surface area contributed by atoms with E-state index in [-0.39, 0.29) is 0 Å². The van der Waals surface area contributed by atoms with Crippen molar-refractivity contribution in [1.82, 2.24) is 9.88 Å². The van der Waals surface area contributed by atoms with Crippen LogP contribution in [-0.4, -0.2) is 47.8 Å². The SMILES string of the molecule is COC(=O)c1cccc2oc(NC3(N)CC4CCCC(C3)N4C)nc12. The van der Waals surface area contributed by atoms with Gasteiger partial charge < -0.3 is 25.1 Å². The van der Waals surface area contributed by atoms with E-state index >= 15 is 0 Å². The first-order valence-electron chi connectivity index (χ1n) is 8.76. The number of anilines is 1. The van der Waals surface area contributed by atoms with Gasteiger partial charge in [-0.15, -0.1) is 0 Å². The van der Waals surface area contributed by atoms with Crippen LogP contribution in [0.2, 0.25) is 0 Å². The molecule has 25 heavy (non-hydrogen) atoms. The van der Waals surface area contributed by atoms with Crippen LogP contribution in [0.3, 0.4) is 0 Å². The number of hydrogen-bond donors (Lipinski definition) is 2. The summed E-state index contributed by atoms with van der Waals surface area (Å²) in [6.07, 6.45) is 5.31. The molecule has 2 aliphatic heterocycles. The van der Waals surface area contributed by atoms with Gasteiger partial charge in [-0.25, -0.2) is 4.79 Å². The number of rotatable bonds is 3. The fraction of sp³-hybridized carbons (Fsp3) is 0.556. The van der Waals surface area contributed by atoms with E-state index in [0.717, 1.165) is 12.8 Å². The molecule has 0 amide bonds. The van der Waals surface area contributed by atoms with E-state index in [2.05, 4.69) is 22.2 Å². The molecule has 2 saturated heterocycles. The normalized spacial score (nSPS) is 29.6. The van der Waals surface area contributed by atoms with Crippen LogP contribution >= 0.6 is 0 Å². The summed E-state index contributed by atoms with van der Waals surface area (Å²) in [5.41, 5.74) is 7.54. The van der Waals surface area contributed by atoms with E-state index in [9.17, 15) is 4.79 Å². The molecular weight excluding hydrogens is 320 g/mol. The quantitative estimate of drug-likeness (QED) is 0.652. The molecule has 0 saturated carbocycles. The highest BCUT2D eigenvalue weighted by Crippen LogP contribution is 2.37. The lowest BCUT2D eigenvalue weighted by Gasteiger charge is -2.51. The molecule has 7 nitrogen and oxygen atoms in total. The van der Waals surface area contributed by atoms with Crippen LogP contribution in [0.4, 0.5) is 6.01 Å². The Bertz CT molecular complexity index is 789. The molecular formula is C18H24N4O3. The second-order valence-electron chi connectivity index (χ2n) is 7.26. The van der Waals surface area contributed by atoms with Gasteiger partial charge >= 0.3 is 5.97 Å². The van der Waals surface area contributed by atoms with Crippen LogP contribution in [0.1, 0.15) is 42.5 Å². The molecule has 0 spiro atoms. The number of nitrogens with two attached hydrogens (primary N) is 1. The molecule has 2 fully saturated rings. The zero-order chi connectivity index (χ0) is 17.6. The van der Waals surface area contributed by atoms with Gasteiger partial charge in [0.05, 0.1) is 18.3 Å². The Labute approximate surface area is 146 Å². The topological polar surface area (TPSA) is 93.6 Å². The molecule has 7 heteroatoms. The van der Waals surface area contributed by atoms with Crippen molar-refractivity contribution in [3.05, 3.63) is 23.8 Å². The van der Waals surface area contributed by atoms with Gasteiger partial charge in [-0.3, -0.25) is 0 Å². The highest BCUT2D eigenvalue weighted by Gasteiger charge is 2.43. The highest BCUT2D eigenvalue weighted by molar-refractivity contribution is 6.01. The average molecular weight is 344 g/mol. The average Bonchev–Trinajstić information content (AvgIpc) is 2.97. The molecule has 2 aliphatic rings. The molecule has 0 aliphatic carbocycles. The van der Waals surface area contributed by atoms with Crippen molar-refractivity contribution in [2.45, 2.75) is 49.9 Å². The lowest BCUT2D eigenvalue weighted by Crippen LogP contribution is -2.63. The van der Waals surface area contributed by atoms with E-state index in [1.807, 2.05) is 0 Å². The van der Waals surface area contributed by atoms with Gasteiger partial charge in [0.1, 0.15) is 5.52 Å². The number of nitrogens with one attached hydrogen (secondary N) is 1. The lowest BCUT2D eigenvalue weighted by molar-refractivity contribution is 0.0319. The minimum atomic E-state index is -0.547. The largest absolute Gasteiger partial charge is 0.465 e. The Balaban J connectivity index is 1.61. The Kier molecular flexibility index (Phi) is 3.92. The van der Waals surface area contributed by atoms with Crippen molar-refractivity contribution in [2.24, 2.45) is 5.73 Å². The van der Waals surface area contributed by atoms with Crippen LogP contribution in [-0.2, 0) is 4.74 Å². The number of nitrogens with zero attached hydrogens (tertiary/aromatic N) is 2. The number of piperidine rings is 2. The fourth-order valence-corrected chi connectivity index (χ4v) is 4.30. The summed E-state index contributed by atoms with van der Waals surface area (Å²) in [5, 5.41) is 3.30. The van der Waals surface area contributed by atoms with Crippen LogP contribution < -0.4 is 11.1 Å². The summed E-state index contributed by atoms with van der Waals surface area (Å²) in [6.45, 7) is 0. The van der Waals surface area contributed by atoms with Crippen molar-refractivity contribution >= 4 is 23.1 Å². The molecule has 2 atom stereocenters. The zero-order valence-corrected chi connectivity index (χ0v) is 14.6. The Morgan fingerprint density at radius 3 is 2.80 bits per heavy atom. The van der Waals surface area contributed by atoms with Crippen molar-refractivity contribution in [3.8, 4) is 0 Å². The third kappa shape index (κ3) is 2.87. The number of oxazole rings is 1. The minimum absolute atomic E-state index is 0.358. The maximum absolute atomic E-state index is 11.9. The molecule has 134 valence electrons. The summed E-state index contributed by atoms with van der Waals surface area (Å²) in [4.78, 5) is 18.8. The lowest BCUT2D eigenvalue weighted by atomic mass is 9.79. The highest BCUT2D eigenvalue weighted by atomic mass is 16.5. The van der Waals surface area contributed by atoms with Crippen molar-refractivity contribution < 1.29 is 13.9 Å². The number of fused-ring (bicyclic) bond motifs is 3. The predicted molar refractivity (Wildman–Crippen MR) is 94.3 cm³/mol. The number of aromatic nitrogens is 1. The number of ether oxygens (including phenoxy) is 1. The van der Waals surface area contributed by atoms with Gasteiger partial charge in [-0.05, 0) is 44.9 Å². The summed E-state index contributed by atoms with van der Waals surface area (Å²) in [5.74, 6) is -0.429. The Morgan fingerprint density at radius 1 is 1.40 bits per heavy atom. The summed E-state index contributed by atoms with van der Waals surface area (Å²) in [6, 6.07) is 6.55. The number of methoxy groups -OCH3 is 1. The molecule has 3 N–H and O–H groups in total. The number of carbonyl (C=O) groups is 1. The van der Waals surface area contributed by atoms with Crippen LogP contribution in [0, 0.1) is 0 Å². The fourth-order valence-electron chi connectivity index (χ4n) is 4.30. The van der Waals surface area contributed by atoms with Crippen LogP contribution in [0.25, 0.3) is 11.1 Å². The number of esters is 1. The molecule has 2 unspecified atom stereocenters. The van der Waals surface area contributed by atoms with Crippen molar-refractivity contribution in [2.75, 3.05) is 19.5 Å². The molecule has 1 aromatic carbocycles. The number of carbonyl (C=O) groups excluding carboxylic acids is 1. The van der Waals surface area contributed by atoms with Gasteiger partial charge in [-0.1, -0.05) is 12.5 Å². The monoisotopic (exact) mass is 344 g/mol. The van der Waals surface area contributed by atoms with Crippen LogP contribution in [0.15, 0.2) is 22.6 Å². The number of benzene rings is 1. The number of para-hydroxylation sites is 1. The second-order valence-corrected chi connectivity index (χ2v) is 7.26. The summed E-state index contributed by atoms with van der Waals surface area (Å²) >= 11 is 0. The predicted octanol–water partition coefficient (Wildman–Crippen LogP) is 2.33. The first-order chi connectivity index (χ1) is 12.0. The Hall–Kier alpha value is -2.12. The second kappa shape index (κ2) is 6.00. The summed E-state index contributed by atoms with van der Waals surface area (Å²) in [7, 11) is 3.54. The molecule has 3 heterocycles. The van der Waals surface area contributed by atoms with E-state index in [1.54, 1.807) is 18.2 Å².